The summed E-state index contributed by atoms with van der Waals surface area (Å²) in [5.74, 6) is 0. The molecule has 1 saturated heterocycles. The van der Waals surface area contributed by atoms with Gasteiger partial charge in [-0.15, -0.1) is 12.4 Å². The molecule has 0 aromatic heterocycles. The van der Waals surface area contributed by atoms with Crippen molar-refractivity contribution in [2.75, 3.05) is 32.9 Å². The number of piperidine rings is 1. The molecule has 4 heteroatoms. The molecule has 0 saturated carbocycles. The van der Waals surface area contributed by atoms with Crippen LogP contribution in [0.1, 0.15) is 26.2 Å². The summed E-state index contributed by atoms with van der Waals surface area (Å²) >= 11 is 0. The maximum Gasteiger partial charge on any atom is 0.0704 e. The largest absolute Gasteiger partial charge is 0.379 e. The minimum atomic E-state index is 0. The van der Waals surface area contributed by atoms with Gasteiger partial charge in [0.15, 0.2) is 0 Å². The molecule has 86 valence electrons. The van der Waals surface area contributed by atoms with E-state index in [9.17, 15) is 0 Å². The highest BCUT2D eigenvalue weighted by Gasteiger charge is 2.12. The number of rotatable bonds is 6. The van der Waals surface area contributed by atoms with Crippen molar-refractivity contribution in [1.29, 1.82) is 0 Å². The molecule has 0 unspecified atom stereocenters. The van der Waals surface area contributed by atoms with Crippen LogP contribution in [0.2, 0.25) is 0 Å². The van der Waals surface area contributed by atoms with E-state index in [-0.39, 0.29) is 12.4 Å². The first-order valence-corrected chi connectivity index (χ1v) is 5.33. The zero-order valence-electron chi connectivity index (χ0n) is 8.96. The Labute approximate surface area is 92.9 Å². The third kappa shape index (κ3) is 6.60. The van der Waals surface area contributed by atoms with Crippen LogP contribution in [0, 0.1) is 0 Å². The first kappa shape index (κ1) is 14.2. The van der Waals surface area contributed by atoms with Crippen LogP contribution in [-0.4, -0.2) is 39.0 Å². The van der Waals surface area contributed by atoms with E-state index in [0.29, 0.717) is 6.10 Å². The van der Waals surface area contributed by atoms with Crippen molar-refractivity contribution in [2.45, 2.75) is 32.3 Å². The van der Waals surface area contributed by atoms with E-state index in [1.165, 1.54) is 0 Å². The van der Waals surface area contributed by atoms with Gasteiger partial charge >= 0.3 is 0 Å². The van der Waals surface area contributed by atoms with Crippen molar-refractivity contribution in [2.24, 2.45) is 0 Å². The van der Waals surface area contributed by atoms with Gasteiger partial charge in [-0.3, -0.25) is 0 Å². The lowest BCUT2D eigenvalue weighted by Crippen LogP contribution is -2.33. The summed E-state index contributed by atoms with van der Waals surface area (Å²) in [7, 11) is 0. The fourth-order valence-corrected chi connectivity index (χ4v) is 1.48. The number of nitrogens with one attached hydrogen (secondary N) is 1. The predicted octanol–water partition coefficient (Wildman–Crippen LogP) is 1.60. The van der Waals surface area contributed by atoms with Gasteiger partial charge in [-0.1, -0.05) is 6.92 Å². The summed E-state index contributed by atoms with van der Waals surface area (Å²) in [6.07, 6.45) is 3.85. The van der Waals surface area contributed by atoms with Crippen LogP contribution in [0.3, 0.4) is 0 Å². The van der Waals surface area contributed by atoms with E-state index in [4.69, 9.17) is 9.47 Å². The van der Waals surface area contributed by atoms with Crippen LogP contribution in [0.25, 0.3) is 0 Å². The smallest absolute Gasteiger partial charge is 0.0704 e. The van der Waals surface area contributed by atoms with Gasteiger partial charge in [0.25, 0.3) is 0 Å². The Balaban J connectivity index is 0.00000169. The molecule has 0 aromatic rings. The first-order chi connectivity index (χ1) is 6.43. The molecule has 0 amide bonds. The van der Waals surface area contributed by atoms with Gasteiger partial charge in [0.05, 0.1) is 19.3 Å². The Morgan fingerprint density at radius 3 is 2.50 bits per heavy atom. The zero-order chi connectivity index (χ0) is 9.36. The molecular formula is C10H22ClNO2. The number of hydrogen-bond acceptors (Lipinski definition) is 3. The van der Waals surface area contributed by atoms with Crippen molar-refractivity contribution in [3.05, 3.63) is 0 Å². The predicted molar refractivity (Wildman–Crippen MR) is 60.2 cm³/mol. The van der Waals surface area contributed by atoms with Crippen LogP contribution in [0.15, 0.2) is 0 Å². The maximum absolute atomic E-state index is 5.66. The lowest BCUT2D eigenvalue weighted by atomic mass is 10.1. The van der Waals surface area contributed by atoms with Gasteiger partial charge in [0.1, 0.15) is 0 Å². The zero-order valence-corrected chi connectivity index (χ0v) is 9.78. The van der Waals surface area contributed by atoms with E-state index >= 15 is 0 Å². The van der Waals surface area contributed by atoms with Crippen LogP contribution in [0.5, 0.6) is 0 Å². The third-order valence-electron chi connectivity index (χ3n) is 2.22. The summed E-state index contributed by atoms with van der Waals surface area (Å²) in [6, 6.07) is 0. The normalized spacial score (nSPS) is 17.8. The molecule has 1 aliphatic heterocycles. The average Bonchev–Trinajstić information content (AvgIpc) is 2.19. The second kappa shape index (κ2) is 9.71. The maximum atomic E-state index is 5.66. The summed E-state index contributed by atoms with van der Waals surface area (Å²) in [4.78, 5) is 0. The Hall–Kier alpha value is 0.170. The van der Waals surface area contributed by atoms with Crippen molar-refractivity contribution < 1.29 is 9.47 Å². The van der Waals surface area contributed by atoms with E-state index in [0.717, 1.165) is 52.2 Å². The van der Waals surface area contributed by atoms with Crippen molar-refractivity contribution in [1.82, 2.24) is 5.32 Å². The second-order valence-electron chi connectivity index (χ2n) is 3.43. The van der Waals surface area contributed by atoms with E-state index in [2.05, 4.69) is 12.2 Å². The molecule has 1 N–H and O–H groups in total. The molecular weight excluding hydrogens is 202 g/mol. The van der Waals surface area contributed by atoms with Gasteiger partial charge in [-0.05, 0) is 32.4 Å². The molecule has 0 atom stereocenters. The fourth-order valence-electron chi connectivity index (χ4n) is 1.48. The quantitative estimate of drug-likeness (QED) is 0.694. The lowest BCUT2D eigenvalue weighted by Gasteiger charge is -2.22. The monoisotopic (exact) mass is 223 g/mol. The van der Waals surface area contributed by atoms with Crippen LogP contribution in [-0.2, 0) is 9.47 Å². The Bertz CT molecular complexity index is 119. The van der Waals surface area contributed by atoms with Crippen LogP contribution < -0.4 is 5.32 Å². The highest BCUT2D eigenvalue weighted by Crippen LogP contribution is 2.06. The highest BCUT2D eigenvalue weighted by molar-refractivity contribution is 5.85. The van der Waals surface area contributed by atoms with Crippen molar-refractivity contribution in [3.8, 4) is 0 Å². The van der Waals surface area contributed by atoms with Crippen LogP contribution >= 0.6 is 12.4 Å². The van der Waals surface area contributed by atoms with E-state index < -0.39 is 0 Å². The minimum absolute atomic E-state index is 0. The molecule has 0 bridgehead atoms. The molecule has 14 heavy (non-hydrogen) atoms. The van der Waals surface area contributed by atoms with Crippen LogP contribution in [0.4, 0.5) is 0 Å². The Kier molecular flexibility index (Phi) is 9.83. The average molecular weight is 224 g/mol. The summed E-state index contributed by atoms with van der Waals surface area (Å²) in [5.41, 5.74) is 0. The molecule has 0 radical (unpaired) electrons. The number of hydrogen-bond donors (Lipinski definition) is 1. The van der Waals surface area contributed by atoms with Crippen molar-refractivity contribution in [3.63, 3.8) is 0 Å². The summed E-state index contributed by atoms with van der Waals surface area (Å²) in [6.45, 7) is 6.67. The molecule has 1 aliphatic rings. The molecule has 0 aromatic carbocycles. The van der Waals surface area contributed by atoms with Crippen molar-refractivity contribution >= 4 is 12.4 Å². The molecule has 1 fully saturated rings. The van der Waals surface area contributed by atoms with E-state index in [1.54, 1.807) is 0 Å². The molecule has 0 aliphatic carbocycles. The summed E-state index contributed by atoms with van der Waals surface area (Å²) in [5, 5.41) is 3.31. The SMILES string of the molecule is CCCOCCOC1CCNCC1.Cl. The molecule has 3 nitrogen and oxygen atoms in total. The van der Waals surface area contributed by atoms with Gasteiger partial charge in [0.2, 0.25) is 0 Å². The second-order valence-corrected chi connectivity index (χ2v) is 3.43. The topological polar surface area (TPSA) is 30.5 Å². The Morgan fingerprint density at radius 1 is 1.14 bits per heavy atom. The molecule has 0 spiro atoms. The third-order valence-corrected chi connectivity index (χ3v) is 2.22. The number of ether oxygens (including phenoxy) is 2. The highest BCUT2D eigenvalue weighted by atomic mass is 35.5. The standard InChI is InChI=1S/C10H21NO2.ClH/c1-2-7-12-8-9-13-10-3-5-11-6-4-10;/h10-11H,2-9H2,1H3;1H. The van der Waals surface area contributed by atoms with Gasteiger partial charge in [-0.2, -0.15) is 0 Å². The fraction of sp³-hybridized carbons (Fsp3) is 1.00. The summed E-state index contributed by atoms with van der Waals surface area (Å²) < 4.78 is 11.0. The van der Waals surface area contributed by atoms with Gasteiger partial charge < -0.3 is 14.8 Å². The number of halogens is 1. The first-order valence-electron chi connectivity index (χ1n) is 5.33. The lowest BCUT2D eigenvalue weighted by molar-refractivity contribution is -0.00700. The van der Waals surface area contributed by atoms with Gasteiger partial charge in [-0.25, -0.2) is 0 Å². The van der Waals surface area contributed by atoms with Gasteiger partial charge in [0, 0.05) is 6.61 Å². The molecule has 1 rings (SSSR count). The molecule has 1 heterocycles. The Morgan fingerprint density at radius 2 is 1.86 bits per heavy atom. The van der Waals surface area contributed by atoms with E-state index in [1.807, 2.05) is 0 Å². The minimum Gasteiger partial charge on any atom is -0.379 e.